The minimum atomic E-state index is -0.0369. The minimum Gasteiger partial charge on any atom is -0.355 e. The highest BCUT2D eigenvalue weighted by Crippen LogP contribution is 2.04. The number of likely N-dealkylation sites (N-methyl/N-ethyl adjacent to an activating group) is 1. The van der Waals surface area contributed by atoms with Crippen LogP contribution in [0.4, 0.5) is 0 Å². The van der Waals surface area contributed by atoms with Gasteiger partial charge in [-0.05, 0) is 37.7 Å². The largest absolute Gasteiger partial charge is 0.355 e. The van der Waals surface area contributed by atoms with Crippen molar-refractivity contribution in [2.24, 2.45) is 0 Å². The summed E-state index contributed by atoms with van der Waals surface area (Å²) in [5.74, 6) is -0.0369. The fraction of sp³-hybridized carbons (Fsp3) is 0.364. The van der Waals surface area contributed by atoms with Crippen LogP contribution < -0.4 is 10.6 Å². The average Bonchev–Trinajstić information content (AvgIpc) is 2.26. The maximum atomic E-state index is 11.2. The van der Waals surface area contributed by atoms with Gasteiger partial charge in [-0.15, -0.1) is 0 Å². The quantitative estimate of drug-likeness (QED) is 0.741. The first-order chi connectivity index (χ1) is 6.77. The van der Waals surface area contributed by atoms with E-state index in [1.807, 2.05) is 31.3 Å². The summed E-state index contributed by atoms with van der Waals surface area (Å²) in [5, 5.41) is 5.68. The summed E-state index contributed by atoms with van der Waals surface area (Å²) in [5.41, 5.74) is 1.95. The molecule has 3 nitrogen and oxygen atoms in total. The second-order valence-electron chi connectivity index (χ2n) is 3.13. The number of nitrogens with one attached hydrogen (secondary N) is 2. The van der Waals surface area contributed by atoms with Crippen LogP contribution in [0.2, 0.25) is 0 Å². The fourth-order valence-corrected chi connectivity index (χ4v) is 1.24. The highest BCUT2D eigenvalue weighted by Gasteiger charge is 2.01. The van der Waals surface area contributed by atoms with Gasteiger partial charge in [0, 0.05) is 12.6 Å². The fourth-order valence-electron chi connectivity index (χ4n) is 1.24. The smallest absolute Gasteiger partial charge is 0.251 e. The van der Waals surface area contributed by atoms with E-state index in [0.717, 1.165) is 13.0 Å². The molecular formula is C11H16N2O. The minimum absolute atomic E-state index is 0.0369. The van der Waals surface area contributed by atoms with Gasteiger partial charge in [0.15, 0.2) is 0 Å². The van der Waals surface area contributed by atoms with Crippen molar-refractivity contribution < 1.29 is 4.79 Å². The molecule has 1 aromatic rings. The second-order valence-corrected chi connectivity index (χ2v) is 3.13. The molecule has 1 amide bonds. The molecule has 0 bridgehead atoms. The van der Waals surface area contributed by atoms with Crippen molar-refractivity contribution in [1.82, 2.24) is 10.6 Å². The van der Waals surface area contributed by atoms with Crippen LogP contribution in [-0.4, -0.2) is 26.5 Å². The van der Waals surface area contributed by atoms with Crippen LogP contribution in [0.1, 0.15) is 15.9 Å². The van der Waals surface area contributed by atoms with E-state index in [9.17, 15) is 4.79 Å². The van der Waals surface area contributed by atoms with Crippen LogP contribution in [0.5, 0.6) is 0 Å². The average molecular weight is 192 g/mol. The molecule has 0 fully saturated rings. The lowest BCUT2D eigenvalue weighted by molar-refractivity contribution is 0.0963. The number of hydrogen-bond acceptors (Lipinski definition) is 2. The number of amides is 1. The molecule has 0 aliphatic rings. The van der Waals surface area contributed by atoms with Crippen LogP contribution in [0.3, 0.4) is 0 Å². The summed E-state index contributed by atoms with van der Waals surface area (Å²) in [6.45, 7) is 0.958. The Morgan fingerprint density at radius 3 is 2.36 bits per heavy atom. The number of rotatable bonds is 4. The summed E-state index contributed by atoms with van der Waals surface area (Å²) in [4.78, 5) is 11.2. The van der Waals surface area contributed by atoms with Crippen molar-refractivity contribution in [2.75, 3.05) is 20.6 Å². The molecule has 1 rings (SSSR count). The van der Waals surface area contributed by atoms with Gasteiger partial charge in [0.2, 0.25) is 0 Å². The molecule has 0 aliphatic heterocycles. The zero-order valence-corrected chi connectivity index (χ0v) is 8.63. The van der Waals surface area contributed by atoms with E-state index in [1.165, 1.54) is 5.56 Å². The molecule has 0 atom stereocenters. The van der Waals surface area contributed by atoms with Gasteiger partial charge >= 0.3 is 0 Å². The topological polar surface area (TPSA) is 41.1 Å². The Balaban J connectivity index is 2.63. The van der Waals surface area contributed by atoms with Gasteiger partial charge < -0.3 is 10.6 Å². The van der Waals surface area contributed by atoms with Crippen molar-refractivity contribution in [3.05, 3.63) is 35.4 Å². The molecule has 0 saturated carbocycles. The van der Waals surface area contributed by atoms with E-state index in [-0.39, 0.29) is 5.91 Å². The van der Waals surface area contributed by atoms with Gasteiger partial charge in [0.05, 0.1) is 0 Å². The Morgan fingerprint density at radius 2 is 1.86 bits per heavy atom. The zero-order valence-electron chi connectivity index (χ0n) is 8.63. The highest BCUT2D eigenvalue weighted by atomic mass is 16.1. The predicted molar refractivity (Wildman–Crippen MR) is 57.5 cm³/mol. The predicted octanol–water partition coefficient (Wildman–Crippen LogP) is 0.808. The third kappa shape index (κ3) is 2.85. The van der Waals surface area contributed by atoms with Gasteiger partial charge in [0.25, 0.3) is 5.91 Å². The SMILES string of the molecule is CNCCc1ccc(C(=O)NC)cc1. The lowest BCUT2D eigenvalue weighted by Gasteiger charge is -2.02. The van der Waals surface area contributed by atoms with E-state index in [2.05, 4.69) is 10.6 Å². The van der Waals surface area contributed by atoms with Gasteiger partial charge in [-0.25, -0.2) is 0 Å². The number of carbonyl (C=O) groups is 1. The van der Waals surface area contributed by atoms with Crippen molar-refractivity contribution >= 4 is 5.91 Å². The molecule has 0 aliphatic carbocycles. The molecule has 76 valence electrons. The van der Waals surface area contributed by atoms with Crippen LogP contribution in [0.25, 0.3) is 0 Å². The van der Waals surface area contributed by atoms with Crippen LogP contribution in [-0.2, 0) is 6.42 Å². The summed E-state index contributed by atoms with van der Waals surface area (Å²) in [6.07, 6.45) is 0.991. The first-order valence-electron chi connectivity index (χ1n) is 4.73. The normalized spacial score (nSPS) is 9.86. The Bertz CT molecular complexity index is 293. The number of benzene rings is 1. The van der Waals surface area contributed by atoms with Gasteiger partial charge in [-0.1, -0.05) is 12.1 Å². The van der Waals surface area contributed by atoms with Crippen LogP contribution in [0.15, 0.2) is 24.3 Å². The summed E-state index contributed by atoms with van der Waals surface area (Å²) in [6, 6.07) is 7.68. The molecule has 0 spiro atoms. The number of hydrogen-bond donors (Lipinski definition) is 2. The molecule has 14 heavy (non-hydrogen) atoms. The van der Waals surface area contributed by atoms with E-state index in [4.69, 9.17) is 0 Å². The third-order valence-electron chi connectivity index (χ3n) is 2.11. The van der Waals surface area contributed by atoms with Gasteiger partial charge in [0.1, 0.15) is 0 Å². The number of carbonyl (C=O) groups excluding carboxylic acids is 1. The second kappa shape index (κ2) is 5.40. The summed E-state index contributed by atoms with van der Waals surface area (Å²) < 4.78 is 0. The molecule has 0 heterocycles. The molecule has 1 aromatic carbocycles. The molecular weight excluding hydrogens is 176 g/mol. The van der Waals surface area contributed by atoms with E-state index in [1.54, 1.807) is 7.05 Å². The lowest BCUT2D eigenvalue weighted by Crippen LogP contribution is -2.17. The first-order valence-corrected chi connectivity index (χ1v) is 4.73. The Hall–Kier alpha value is -1.35. The highest BCUT2D eigenvalue weighted by molar-refractivity contribution is 5.93. The Kier molecular flexibility index (Phi) is 4.13. The van der Waals surface area contributed by atoms with Gasteiger partial charge in [-0.3, -0.25) is 4.79 Å². The Morgan fingerprint density at radius 1 is 1.21 bits per heavy atom. The van der Waals surface area contributed by atoms with E-state index >= 15 is 0 Å². The first kappa shape index (κ1) is 10.7. The standard InChI is InChI=1S/C11H16N2O/c1-12-8-7-9-3-5-10(6-4-9)11(14)13-2/h3-6,12H,7-8H2,1-2H3,(H,13,14). The van der Waals surface area contributed by atoms with Crippen molar-refractivity contribution in [1.29, 1.82) is 0 Å². The van der Waals surface area contributed by atoms with Gasteiger partial charge in [-0.2, -0.15) is 0 Å². The van der Waals surface area contributed by atoms with E-state index in [0.29, 0.717) is 5.56 Å². The third-order valence-corrected chi connectivity index (χ3v) is 2.11. The summed E-state index contributed by atoms with van der Waals surface area (Å²) in [7, 11) is 3.57. The van der Waals surface area contributed by atoms with Crippen molar-refractivity contribution in [2.45, 2.75) is 6.42 Å². The van der Waals surface area contributed by atoms with Crippen LogP contribution >= 0.6 is 0 Å². The lowest BCUT2D eigenvalue weighted by atomic mass is 10.1. The van der Waals surface area contributed by atoms with E-state index < -0.39 is 0 Å². The zero-order chi connectivity index (χ0) is 10.4. The maximum Gasteiger partial charge on any atom is 0.251 e. The summed E-state index contributed by atoms with van der Waals surface area (Å²) >= 11 is 0. The van der Waals surface area contributed by atoms with Crippen molar-refractivity contribution in [3.8, 4) is 0 Å². The van der Waals surface area contributed by atoms with Crippen molar-refractivity contribution in [3.63, 3.8) is 0 Å². The van der Waals surface area contributed by atoms with Crippen LogP contribution in [0, 0.1) is 0 Å². The Labute approximate surface area is 84.5 Å². The maximum absolute atomic E-state index is 11.2. The molecule has 0 unspecified atom stereocenters. The molecule has 2 N–H and O–H groups in total. The molecule has 0 aromatic heterocycles. The molecule has 3 heteroatoms. The molecule has 0 saturated heterocycles. The monoisotopic (exact) mass is 192 g/mol. The molecule has 0 radical (unpaired) electrons.